The molecule has 1 aromatic carbocycles. The summed E-state index contributed by atoms with van der Waals surface area (Å²) in [5.74, 6) is 0. The minimum Gasteiger partial charge on any atom is -0.0645 e. The summed E-state index contributed by atoms with van der Waals surface area (Å²) in [7, 11) is 0. The van der Waals surface area contributed by atoms with Crippen molar-refractivity contribution in [3.05, 3.63) is 41.3 Å². The third-order valence-corrected chi connectivity index (χ3v) is 2.13. The summed E-state index contributed by atoms with van der Waals surface area (Å²) in [6.07, 6.45) is 5.47. The van der Waals surface area contributed by atoms with Crippen molar-refractivity contribution >= 4 is 0 Å². The Kier molecular flexibility index (Phi) is 3.33. The summed E-state index contributed by atoms with van der Waals surface area (Å²) in [4.78, 5) is 0. The Morgan fingerprint density at radius 1 is 1.25 bits per heavy atom. The van der Waals surface area contributed by atoms with Crippen LogP contribution in [-0.2, 0) is 6.42 Å². The van der Waals surface area contributed by atoms with Gasteiger partial charge in [0.15, 0.2) is 0 Å². The van der Waals surface area contributed by atoms with Crippen LogP contribution < -0.4 is 0 Å². The fourth-order valence-corrected chi connectivity index (χ4v) is 1.53. The second-order valence-electron chi connectivity index (χ2n) is 2.98. The Hall–Kier alpha value is -0.780. The highest BCUT2D eigenvalue weighted by molar-refractivity contribution is 5.38. The van der Waals surface area contributed by atoms with Gasteiger partial charge in [0.25, 0.3) is 0 Å². The molecule has 0 atom stereocenters. The molecule has 0 bridgehead atoms. The van der Waals surface area contributed by atoms with E-state index in [-0.39, 0.29) is 0 Å². The Balaban J connectivity index is 3.00. The maximum Gasteiger partial charge on any atom is 0.0164 e. The van der Waals surface area contributed by atoms with Gasteiger partial charge < -0.3 is 0 Å². The maximum atomic E-state index is 3.37. The van der Waals surface area contributed by atoms with Crippen LogP contribution in [0.1, 0.15) is 37.0 Å². The molecule has 64 valence electrons. The van der Waals surface area contributed by atoms with Gasteiger partial charge in [-0.3, -0.25) is 0 Å². The van der Waals surface area contributed by atoms with Gasteiger partial charge in [-0.25, -0.2) is 0 Å². The highest BCUT2D eigenvalue weighted by atomic mass is 14.1. The molecule has 0 nitrogen and oxygen atoms in total. The van der Waals surface area contributed by atoms with E-state index in [9.17, 15) is 0 Å². The van der Waals surface area contributed by atoms with Crippen molar-refractivity contribution in [2.75, 3.05) is 0 Å². The normalized spacial score (nSPS) is 10.2. The molecule has 0 aliphatic heterocycles. The fourth-order valence-electron chi connectivity index (χ4n) is 1.53. The van der Waals surface area contributed by atoms with Crippen molar-refractivity contribution in [3.63, 3.8) is 0 Å². The number of hydrogen-bond acceptors (Lipinski definition) is 0. The number of hydrogen-bond donors (Lipinski definition) is 0. The summed E-state index contributed by atoms with van der Waals surface area (Å²) in [6.45, 7) is 6.49. The van der Waals surface area contributed by atoms with E-state index in [1.165, 1.54) is 16.7 Å². The summed E-state index contributed by atoms with van der Waals surface area (Å²) < 4.78 is 0. The van der Waals surface area contributed by atoms with Gasteiger partial charge >= 0.3 is 0 Å². The SMILES string of the molecule is CC[C]c1cccc(C)c1CC. The standard InChI is InChI=1S/C12H16/c1-4-7-11-9-6-8-10(3)12(11)5-2/h6,8-9H,4-5H2,1-3H3. The topological polar surface area (TPSA) is 0 Å². The van der Waals surface area contributed by atoms with Gasteiger partial charge in [-0.15, -0.1) is 0 Å². The second-order valence-corrected chi connectivity index (χ2v) is 2.98. The monoisotopic (exact) mass is 160 g/mol. The van der Waals surface area contributed by atoms with Crippen LogP contribution in [0.15, 0.2) is 18.2 Å². The van der Waals surface area contributed by atoms with Crippen molar-refractivity contribution in [1.82, 2.24) is 0 Å². The van der Waals surface area contributed by atoms with Crippen molar-refractivity contribution in [2.24, 2.45) is 0 Å². The highest BCUT2D eigenvalue weighted by Crippen LogP contribution is 2.17. The zero-order valence-corrected chi connectivity index (χ0v) is 8.15. The molecule has 0 unspecified atom stereocenters. The van der Waals surface area contributed by atoms with Gasteiger partial charge in [0.05, 0.1) is 0 Å². The first-order valence-corrected chi connectivity index (χ1v) is 4.62. The maximum absolute atomic E-state index is 3.37. The minimum atomic E-state index is 0.996. The van der Waals surface area contributed by atoms with E-state index in [4.69, 9.17) is 0 Å². The largest absolute Gasteiger partial charge is 0.0645 e. The molecule has 0 aliphatic carbocycles. The van der Waals surface area contributed by atoms with Gasteiger partial charge in [0.1, 0.15) is 0 Å². The van der Waals surface area contributed by atoms with Crippen molar-refractivity contribution in [2.45, 2.75) is 33.6 Å². The molecular formula is C12H16. The van der Waals surface area contributed by atoms with Crippen molar-refractivity contribution < 1.29 is 0 Å². The third kappa shape index (κ3) is 1.88. The number of benzene rings is 1. The molecule has 0 fully saturated rings. The average molecular weight is 160 g/mol. The predicted molar refractivity (Wildman–Crippen MR) is 53.2 cm³/mol. The molecular weight excluding hydrogens is 144 g/mol. The lowest BCUT2D eigenvalue weighted by molar-refractivity contribution is 1.04. The molecule has 0 amide bonds. The molecule has 1 rings (SSSR count). The molecule has 12 heavy (non-hydrogen) atoms. The lowest BCUT2D eigenvalue weighted by atomic mass is 9.97. The molecule has 0 saturated heterocycles. The van der Waals surface area contributed by atoms with Gasteiger partial charge in [-0.05, 0) is 36.5 Å². The van der Waals surface area contributed by atoms with Gasteiger partial charge in [0.2, 0.25) is 0 Å². The number of rotatable bonds is 3. The first kappa shape index (κ1) is 9.31. The molecule has 0 saturated carbocycles. The lowest BCUT2D eigenvalue weighted by Crippen LogP contribution is -1.93. The van der Waals surface area contributed by atoms with Crippen LogP contribution in [0.5, 0.6) is 0 Å². The van der Waals surface area contributed by atoms with Crippen molar-refractivity contribution in [3.8, 4) is 0 Å². The van der Waals surface area contributed by atoms with Gasteiger partial charge in [0, 0.05) is 6.42 Å². The summed E-state index contributed by atoms with van der Waals surface area (Å²) in [5.41, 5.74) is 4.12. The summed E-state index contributed by atoms with van der Waals surface area (Å²) >= 11 is 0. The highest BCUT2D eigenvalue weighted by Gasteiger charge is 2.01. The molecule has 0 aliphatic rings. The Bertz CT molecular complexity index is 248. The van der Waals surface area contributed by atoms with Gasteiger partial charge in [-0.1, -0.05) is 32.0 Å². The first-order chi connectivity index (χ1) is 5.79. The minimum absolute atomic E-state index is 0.996. The molecule has 1 aromatic rings. The molecule has 0 N–H and O–H groups in total. The summed E-state index contributed by atoms with van der Waals surface area (Å²) in [6, 6.07) is 6.42. The molecule has 0 heteroatoms. The predicted octanol–water partition coefficient (Wildman–Crippen LogP) is 3.40. The van der Waals surface area contributed by atoms with Crippen molar-refractivity contribution in [1.29, 1.82) is 0 Å². The average Bonchev–Trinajstić information content (AvgIpc) is 2.05. The molecule has 2 radical (unpaired) electrons. The fraction of sp³-hybridized carbons (Fsp3) is 0.417. The van der Waals surface area contributed by atoms with E-state index >= 15 is 0 Å². The van der Waals surface area contributed by atoms with Crippen LogP contribution in [0.3, 0.4) is 0 Å². The van der Waals surface area contributed by atoms with Crippen LogP contribution in [-0.4, -0.2) is 0 Å². The zero-order chi connectivity index (χ0) is 8.97. The van der Waals surface area contributed by atoms with Crippen LogP contribution in [0.2, 0.25) is 0 Å². The Labute approximate surface area is 75.6 Å². The second kappa shape index (κ2) is 4.30. The smallest absolute Gasteiger partial charge is 0.0164 e. The van der Waals surface area contributed by atoms with E-state index in [2.05, 4.69) is 45.4 Å². The molecule has 0 aromatic heterocycles. The van der Waals surface area contributed by atoms with E-state index in [0.717, 1.165) is 12.8 Å². The Morgan fingerprint density at radius 3 is 2.58 bits per heavy atom. The van der Waals surface area contributed by atoms with Gasteiger partial charge in [-0.2, -0.15) is 0 Å². The molecule has 0 heterocycles. The lowest BCUT2D eigenvalue weighted by Gasteiger charge is -2.08. The van der Waals surface area contributed by atoms with E-state index in [1.54, 1.807) is 0 Å². The van der Waals surface area contributed by atoms with Crippen LogP contribution in [0.25, 0.3) is 0 Å². The van der Waals surface area contributed by atoms with Crippen LogP contribution >= 0.6 is 0 Å². The van der Waals surface area contributed by atoms with Crippen LogP contribution in [0, 0.1) is 13.3 Å². The third-order valence-electron chi connectivity index (χ3n) is 2.13. The molecule has 0 spiro atoms. The van der Waals surface area contributed by atoms with E-state index in [1.807, 2.05) is 0 Å². The quantitative estimate of drug-likeness (QED) is 0.635. The van der Waals surface area contributed by atoms with E-state index in [0.29, 0.717) is 0 Å². The first-order valence-electron chi connectivity index (χ1n) is 4.62. The zero-order valence-electron chi connectivity index (χ0n) is 8.15. The van der Waals surface area contributed by atoms with Crippen LogP contribution in [0.4, 0.5) is 0 Å². The number of aryl methyl sites for hydroxylation is 1. The van der Waals surface area contributed by atoms with E-state index < -0.39 is 0 Å². The Morgan fingerprint density at radius 2 is 2.00 bits per heavy atom. The summed E-state index contributed by atoms with van der Waals surface area (Å²) in [5, 5.41) is 0.